The van der Waals surface area contributed by atoms with Crippen molar-refractivity contribution < 1.29 is 75.8 Å². The fraction of sp³-hybridized carbons (Fsp3) is 0.637. The van der Waals surface area contributed by atoms with Crippen LogP contribution in [0.25, 0.3) is 0 Å². The number of carbonyl (C=O) groups excluding carboxylic acids is 3. The molecule has 0 aromatic carbocycles. The van der Waals surface area contributed by atoms with Crippen LogP contribution in [-0.2, 0) is 55.8 Å². The van der Waals surface area contributed by atoms with E-state index in [1.165, 1.54) is 70.6 Å². The molecular weight excluding hydrogens is 1410 g/mol. The van der Waals surface area contributed by atoms with Gasteiger partial charge >= 0.3 is 33.6 Å². The van der Waals surface area contributed by atoms with Crippen molar-refractivity contribution in [1.29, 1.82) is 0 Å². The van der Waals surface area contributed by atoms with Gasteiger partial charge in [0.15, 0.2) is 6.10 Å². The molecule has 4 N–H and O–H groups in total. The van der Waals surface area contributed by atoms with E-state index in [0.717, 1.165) is 186 Å². The number of phosphoric ester groups is 2. The van der Waals surface area contributed by atoms with E-state index in [0.29, 0.717) is 19.3 Å². The van der Waals surface area contributed by atoms with Crippen LogP contribution in [-0.4, -0.2) is 95.9 Å². The molecule has 0 saturated heterocycles. The maximum atomic E-state index is 13.0. The molecule has 0 bridgehead atoms. The second-order valence-corrected chi connectivity index (χ2v) is 30.4. The largest absolute Gasteiger partial charge is 0.472 e. The fourth-order valence-electron chi connectivity index (χ4n) is 10.8. The Labute approximate surface area is 662 Å². The first kappa shape index (κ1) is 104. The minimum Gasteiger partial charge on any atom is -0.463 e. The SMILES string of the molecule is CC/C=C\C/C=C\C/C=C\C/C=C\C/C=C\C/C=C\CCCCCCCCC(=O)OCC(COP(=O)(O)OCC(O)COP(=O)(O)OCC(O)COC(=O)CCCCCCCCCCCCC/C=C\C/C=C\C/C=C\C/C=C\CCCCC)OC(=O)CCCCCCC/C=C\C/C=C\C/C=C\C/C=C\C/C=C\CC. The van der Waals surface area contributed by atoms with E-state index < -0.39 is 91.5 Å². The number of phosphoric acid groups is 2. The highest BCUT2D eigenvalue weighted by Gasteiger charge is 2.29. The number of hydrogen-bond donors (Lipinski definition) is 4. The maximum Gasteiger partial charge on any atom is 0.472 e. The fourth-order valence-corrected chi connectivity index (χ4v) is 12.3. The molecule has 0 amide bonds. The van der Waals surface area contributed by atoms with Gasteiger partial charge in [0.1, 0.15) is 25.4 Å². The number of esters is 3. The number of aliphatic hydroxyl groups excluding tert-OH is 2. The van der Waals surface area contributed by atoms with Crippen LogP contribution in [0.3, 0.4) is 0 Å². The molecule has 0 rings (SSSR count). The highest BCUT2D eigenvalue weighted by atomic mass is 31.2. The Morgan fingerprint density at radius 2 is 0.486 bits per heavy atom. The van der Waals surface area contributed by atoms with Crippen LogP contribution in [0.15, 0.2) is 182 Å². The zero-order chi connectivity index (χ0) is 79.4. The molecule has 0 heterocycles. The van der Waals surface area contributed by atoms with Gasteiger partial charge in [-0.25, -0.2) is 9.13 Å². The van der Waals surface area contributed by atoms with E-state index in [1.54, 1.807) is 0 Å². The Hall–Kier alpha value is -5.35. The molecule has 109 heavy (non-hydrogen) atoms. The maximum absolute atomic E-state index is 13.0. The average Bonchev–Trinajstić information content (AvgIpc) is 0.910. The van der Waals surface area contributed by atoms with Gasteiger partial charge in [0.2, 0.25) is 0 Å². The molecule has 0 aliphatic heterocycles. The lowest BCUT2D eigenvalue weighted by Crippen LogP contribution is -2.30. The molecule has 0 fully saturated rings. The normalized spacial score (nSPS) is 14.8. The van der Waals surface area contributed by atoms with Crippen LogP contribution in [0.5, 0.6) is 0 Å². The smallest absolute Gasteiger partial charge is 0.463 e. The van der Waals surface area contributed by atoms with Gasteiger partial charge in [-0.05, 0) is 161 Å². The molecule has 18 heteroatoms. The summed E-state index contributed by atoms with van der Waals surface area (Å²) in [6.07, 6.45) is 106. The molecule has 0 aliphatic carbocycles. The Balaban J connectivity index is 4.71. The Kier molecular flexibility index (Phi) is 78.1. The summed E-state index contributed by atoms with van der Waals surface area (Å²) in [7, 11) is -9.82. The van der Waals surface area contributed by atoms with Crippen molar-refractivity contribution in [3.05, 3.63) is 182 Å². The third kappa shape index (κ3) is 83.4. The second-order valence-electron chi connectivity index (χ2n) is 27.5. The van der Waals surface area contributed by atoms with Crippen molar-refractivity contribution in [2.24, 2.45) is 0 Å². The molecule has 0 radical (unpaired) electrons. The van der Waals surface area contributed by atoms with Gasteiger partial charge in [-0.2, -0.15) is 0 Å². The summed E-state index contributed by atoms with van der Waals surface area (Å²) < 4.78 is 61.3. The van der Waals surface area contributed by atoms with Gasteiger partial charge in [-0.15, -0.1) is 0 Å². The molecule has 5 atom stereocenters. The summed E-state index contributed by atoms with van der Waals surface area (Å²) in [4.78, 5) is 58.9. The quantitative estimate of drug-likeness (QED) is 0.0146. The summed E-state index contributed by atoms with van der Waals surface area (Å²) in [6, 6.07) is 0. The van der Waals surface area contributed by atoms with Crippen molar-refractivity contribution in [1.82, 2.24) is 0 Å². The zero-order valence-corrected chi connectivity index (χ0v) is 69.7. The number of allylic oxidation sites excluding steroid dienone is 30. The first-order chi connectivity index (χ1) is 53.2. The first-order valence-electron chi connectivity index (χ1n) is 42.1. The van der Waals surface area contributed by atoms with Crippen molar-refractivity contribution in [2.75, 3.05) is 39.6 Å². The van der Waals surface area contributed by atoms with Crippen molar-refractivity contribution in [2.45, 2.75) is 334 Å². The highest BCUT2D eigenvalue weighted by molar-refractivity contribution is 7.47. The molecule has 0 saturated carbocycles. The summed E-state index contributed by atoms with van der Waals surface area (Å²) in [5.41, 5.74) is 0. The van der Waals surface area contributed by atoms with Crippen LogP contribution < -0.4 is 0 Å². The molecule has 5 unspecified atom stereocenters. The monoisotopic (exact) mass is 1560 g/mol. The van der Waals surface area contributed by atoms with E-state index in [4.69, 9.17) is 32.3 Å². The van der Waals surface area contributed by atoms with Crippen molar-refractivity contribution in [3.63, 3.8) is 0 Å². The number of rotatable bonds is 78. The summed E-state index contributed by atoms with van der Waals surface area (Å²) in [5.74, 6) is -1.62. The van der Waals surface area contributed by atoms with Gasteiger partial charge in [-0.1, -0.05) is 319 Å². The summed E-state index contributed by atoms with van der Waals surface area (Å²) in [6.45, 7) is 2.38. The number of hydrogen-bond acceptors (Lipinski definition) is 14. The van der Waals surface area contributed by atoms with E-state index >= 15 is 0 Å². The second kappa shape index (κ2) is 82.1. The van der Waals surface area contributed by atoms with Gasteiger partial charge in [-0.3, -0.25) is 32.5 Å². The van der Waals surface area contributed by atoms with Gasteiger partial charge in [0, 0.05) is 19.3 Å². The standard InChI is InChI=1S/C91H150O16P2/c1-4-7-10-13-16-19-22-25-28-31-34-37-39-41-42-44-46-48-50-53-56-59-62-65-68-71-74-77-89(94)101-80-86(92)81-103-108(97,98)104-82-87(93)83-105-109(99,100)106-85-88(107-91(96)79-76-73-70-67-64-61-58-55-52-47-36-33-30-27-24-21-18-15-12-9-6-3)84-102-90(95)78-75-72-69-66-63-60-57-54-51-49-45-43-40-38-35-32-29-26-23-20-17-14-11-8-5-2/h8-9,11-12,16-21,25-30,34-38,41-43,45,47,51,54-55,58,86-88,92-93H,4-7,10,13-15,22-24,31-33,39-40,44,46,48-50,52-53,56-57,59-85H2,1-3H3,(H,97,98)(H,99,100)/b11-8-,12-9-,19-16-,20-17-,21-18-,28-25-,29-26-,30-27-,37-34-,38-35-,42-41-,45-43-,47-36-,54-51-,58-55-. The predicted molar refractivity (Wildman–Crippen MR) is 454 cm³/mol. The molecule has 620 valence electrons. The van der Waals surface area contributed by atoms with Gasteiger partial charge < -0.3 is 34.2 Å². The lowest BCUT2D eigenvalue weighted by atomic mass is 10.0. The van der Waals surface area contributed by atoms with Crippen LogP contribution in [0.4, 0.5) is 0 Å². The number of aliphatic hydroxyl groups is 2. The van der Waals surface area contributed by atoms with E-state index in [9.17, 15) is 43.5 Å². The average molecular weight is 1560 g/mol. The van der Waals surface area contributed by atoms with Crippen molar-refractivity contribution >= 4 is 33.6 Å². The lowest BCUT2D eigenvalue weighted by molar-refractivity contribution is -0.161. The predicted octanol–water partition coefficient (Wildman–Crippen LogP) is 25.3. The molecule has 0 aliphatic rings. The van der Waals surface area contributed by atoms with E-state index in [2.05, 4.69) is 203 Å². The first-order valence-corrected chi connectivity index (χ1v) is 45.1. The third-order valence-electron chi connectivity index (χ3n) is 17.1. The van der Waals surface area contributed by atoms with Gasteiger partial charge in [0.25, 0.3) is 0 Å². The number of ether oxygens (including phenoxy) is 3. The van der Waals surface area contributed by atoms with Crippen LogP contribution in [0, 0.1) is 0 Å². The minimum atomic E-state index is -4.95. The topological polar surface area (TPSA) is 231 Å². The molecule has 0 aromatic heterocycles. The number of carbonyl (C=O) groups is 3. The lowest BCUT2D eigenvalue weighted by Gasteiger charge is -2.21. The molecule has 0 aromatic rings. The van der Waals surface area contributed by atoms with Crippen LogP contribution in [0.2, 0.25) is 0 Å². The summed E-state index contributed by atoms with van der Waals surface area (Å²) >= 11 is 0. The third-order valence-corrected chi connectivity index (χ3v) is 19.0. The molecule has 0 spiro atoms. The highest BCUT2D eigenvalue weighted by Crippen LogP contribution is 2.45. The molecule has 16 nitrogen and oxygen atoms in total. The molecular formula is C91H150O16P2. The minimum absolute atomic E-state index is 0.0713. The van der Waals surface area contributed by atoms with Crippen LogP contribution >= 0.6 is 15.6 Å². The zero-order valence-electron chi connectivity index (χ0n) is 67.9. The van der Waals surface area contributed by atoms with Gasteiger partial charge in [0.05, 0.1) is 26.4 Å². The Bertz CT molecular complexity index is 2710. The Morgan fingerprint density at radius 3 is 0.771 bits per heavy atom. The Morgan fingerprint density at radius 1 is 0.266 bits per heavy atom. The number of unbranched alkanes of at least 4 members (excludes halogenated alkanes) is 25. The summed E-state index contributed by atoms with van der Waals surface area (Å²) in [5, 5.41) is 20.7. The van der Waals surface area contributed by atoms with E-state index in [1.807, 2.05) is 0 Å². The van der Waals surface area contributed by atoms with E-state index in [-0.39, 0.29) is 19.3 Å². The van der Waals surface area contributed by atoms with Crippen LogP contribution in [0.1, 0.15) is 316 Å². The van der Waals surface area contributed by atoms with Crippen molar-refractivity contribution in [3.8, 4) is 0 Å².